The molecule has 0 saturated carbocycles. The summed E-state index contributed by atoms with van der Waals surface area (Å²) in [5, 5.41) is 10.4. The first-order chi connectivity index (χ1) is 4.88. The second-order valence-electron chi connectivity index (χ2n) is 2.28. The number of benzene rings is 1. The number of rotatable bonds is 0. The molecule has 52 valence electrons. The van der Waals surface area contributed by atoms with Gasteiger partial charge in [-0.25, -0.2) is 0 Å². The number of aromatic nitrogens is 3. The van der Waals surface area contributed by atoms with Gasteiger partial charge in [0.25, 0.3) is 0 Å². The molecule has 0 spiro atoms. The van der Waals surface area contributed by atoms with Gasteiger partial charge in [0.1, 0.15) is 5.52 Å². The third kappa shape index (κ3) is 1.45. The van der Waals surface area contributed by atoms with Crippen molar-refractivity contribution >= 4 is 40.6 Å². The predicted octanol–water partition coefficient (Wildman–Crippen LogP) is 0.618. The van der Waals surface area contributed by atoms with E-state index in [-0.39, 0.29) is 29.6 Å². The van der Waals surface area contributed by atoms with Crippen LogP contribution in [0.4, 0.5) is 0 Å². The quantitative estimate of drug-likeness (QED) is 0.569. The van der Waals surface area contributed by atoms with Crippen molar-refractivity contribution in [3.05, 3.63) is 23.8 Å². The number of aryl methyl sites for hydroxylation is 1. The average molecular weight is 157 g/mol. The van der Waals surface area contributed by atoms with Crippen LogP contribution in [0.3, 0.4) is 0 Å². The summed E-state index contributed by atoms with van der Waals surface area (Å²) < 4.78 is 0. The third-order valence-corrected chi connectivity index (χ3v) is 1.56. The standard InChI is InChI=1S/C7H7N3.Na.H/c1-5-3-2-4-6-7(5)9-10-8-6;;/h2-4H,1H3,(H,8,9,10);;. The molecule has 1 aromatic carbocycles. The number of nitrogens with one attached hydrogen (secondary N) is 1. The maximum absolute atomic E-state index is 3.91. The molecule has 0 saturated heterocycles. The van der Waals surface area contributed by atoms with E-state index in [0.717, 1.165) is 16.6 Å². The van der Waals surface area contributed by atoms with Crippen LogP contribution in [0.15, 0.2) is 18.2 Å². The van der Waals surface area contributed by atoms with Gasteiger partial charge in [-0.3, -0.25) is 5.10 Å². The monoisotopic (exact) mass is 157 g/mol. The number of H-pyrrole nitrogens is 1. The summed E-state index contributed by atoms with van der Waals surface area (Å²) in [6, 6.07) is 5.96. The summed E-state index contributed by atoms with van der Waals surface area (Å²) in [5.41, 5.74) is 3.12. The van der Waals surface area contributed by atoms with Gasteiger partial charge in [0.05, 0.1) is 5.52 Å². The average Bonchev–Trinajstić information content (AvgIpc) is 2.36. The van der Waals surface area contributed by atoms with Crippen molar-refractivity contribution in [2.45, 2.75) is 6.92 Å². The first kappa shape index (κ1) is 8.71. The first-order valence-electron chi connectivity index (χ1n) is 3.14. The van der Waals surface area contributed by atoms with E-state index in [1.165, 1.54) is 0 Å². The Hall–Kier alpha value is -0.380. The zero-order valence-corrected chi connectivity index (χ0v) is 5.63. The Balaban J connectivity index is 0.000000605. The topological polar surface area (TPSA) is 41.6 Å². The minimum atomic E-state index is 0. The molecule has 0 atom stereocenters. The van der Waals surface area contributed by atoms with Crippen LogP contribution in [0.1, 0.15) is 5.56 Å². The second-order valence-corrected chi connectivity index (χ2v) is 2.28. The summed E-state index contributed by atoms with van der Waals surface area (Å²) in [7, 11) is 0. The Labute approximate surface area is 86.5 Å². The van der Waals surface area contributed by atoms with Crippen LogP contribution in [0.5, 0.6) is 0 Å². The van der Waals surface area contributed by atoms with E-state index in [0.29, 0.717) is 0 Å². The predicted molar refractivity (Wildman–Crippen MR) is 45.8 cm³/mol. The van der Waals surface area contributed by atoms with Crippen molar-refractivity contribution in [2.24, 2.45) is 0 Å². The summed E-state index contributed by atoms with van der Waals surface area (Å²) >= 11 is 0. The molecular formula is C7H8N3Na. The van der Waals surface area contributed by atoms with Crippen molar-refractivity contribution < 1.29 is 0 Å². The molecule has 3 nitrogen and oxygen atoms in total. The molecule has 1 aromatic heterocycles. The summed E-state index contributed by atoms with van der Waals surface area (Å²) in [6.07, 6.45) is 0. The molecule has 11 heavy (non-hydrogen) atoms. The van der Waals surface area contributed by atoms with Crippen LogP contribution in [0, 0.1) is 6.92 Å². The van der Waals surface area contributed by atoms with Gasteiger partial charge in [0.2, 0.25) is 0 Å². The van der Waals surface area contributed by atoms with Gasteiger partial charge in [-0.2, -0.15) is 0 Å². The fourth-order valence-electron chi connectivity index (χ4n) is 1.01. The molecule has 0 aliphatic heterocycles. The summed E-state index contributed by atoms with van der Waals surface area (Å²) in [6.45, 7) is 2.02. The Kier molecular flexibility index (Phi) is 2.65. The molecule has 2 rings (SSSR count). The van der Waals surface area contributed by atoms with Crippen molar-refractivity contribution in [1.82, 2.24) is 15.4 Å². The van der Waals surface area contributed by atoms with E-state index < -0.39 is 0 Å². The molecule has 4 heteroatoms. The van der Waals surface area contributed by atoms with E-state index >= 15 is 0 Å². The molecule has 0 aliphatic rings. The molecular weight excluding hydrogens is 149 g/mol. The van der Waals surface area contributed by atoms with Gasteiger partial charge in [-0.1, -0.05) is 17.3 Å². The third-order valence-electron chi connectivity index (χ3n) is 1.56. The maximum atomic E-state index is 3.91. The van der Waals surface area contributed by atoms with E-state index in [4.69, 9.17) is 0 Å². The SMILES string of the molecule is Cc1cccc2[nH]nnc12.[NaH]. The molecule has 0 amide bonds. The molecule has 0 radical (unpaired) electrons. The Morgan fingerprint density at radius 2 is 2.18 bits per heavy atom. The van der Waals surface area contributed by atoms with Gasteiger partial charge < -0.3 is 0 Å². The van der Waals surface area contributed by atoms with Crippen LogP contribution in [-0.4, -0.2) is 45.0 Å². The summed E-state index contributed by atoms with van der Waals surface area (Å²) in [5.74, 6) is 0. The van der Waals surface area contributed by atoms with Crippen LogP contribution >= 0.6 is 0 Å². The van der Waals surface area contributed by atoms with E-state index in [2.05, 4.69) is 15.4 Å². The van der Waals surface area contributed by atoms with Crippen molar-refractivity contribution in [3.8, 4) is 0 Å². The summed E-state index contributed by atoms with van der Waals surface area (Å²) in [4.78, 5) is 0. The zero-order valence-electron chi connectivity index (χ0n) is 5.63. The van der Waals surface area contributed by atoms with Crippen molar-refractivity contribution in [1.29, 1.82) is 0 Å². The molecule has 0 aliphatic carbocycles. The van der Waals surface area contributed by atoms with Crippen LogP contribution in [0.25, 0.3) is 11.0 Å². The normalized spacial score (nSPS) is 9.55. The minimum absolute atomic E-state index is 0. The number of fused-ring (bicyclic) bond motifs is 1. The molecule has 2 aromatic rings. The number of nitrogens with zero attached hydrogens (tertiary/aromatic N) is 2. The number of hydrogen-bond acceptors (Lipinski definition) is 2. The van der Waals surface area contributed by atoms with E-state index in [1.807, 2.05) is 25.1 Å². The zero-order chi connectivity index (χ0) is 6.97. The Morgan fingerprint density at radius 1 is 1.36 bits per heavy atom. The van der Waals surface area contributed by atoms with Gasteiger partial charge in [-0.05, 0) is 18.6 Å². The number of aromatic amines is 1. The molecule has 1 N–H and O–H groups in total. The molecule has 0 bridgehead atoms. The number of hydrogen-bond donors (Lipinski definition) is 1. The van der Waals surface area contributed by atoms with E-state index in [9.17, 15) is 0 Å². The van der Waals surface area contributed by atoms with Gasteiger partial charge in [0.15, 0.2) is 0 Å². The van der Waals surface area contributed by atoms with Crippen molar-refractivity contribution in [2.75, 3.05) is 0 Å². The van der Waals surface area contributed by atoms with Gasteiger partial charge in [0, 0.05) is 0 Å². The van der Waals surface area contributed by atoms with Crippen LogP contribution in [-0.2, 0) is 0 Å². The Bertz CT molecular complexity index is 355. The molecule has 0 unspecified atom stereocenters. The van der Waals surface area contributed by atoms with Gasteiger partial charge in [-0.15, -0.1) is 5.10 Å². The fourth-order valence-corrected chi connectivity index (χ4v) is 1.01. The molecule has 1 heterocycles. The molecule has 0 fully saturated rings. The first-order valence-corrected chi connectivity index (χ1v) is 3.14. The van der Waals surface area contributed by atoms with Crippen LogP contribution < -0.4 is 0 Å². The Morgan fingerprint density at radius 3 is 2.91 bits per heavy atom. The fraction of sp³-hybridized carbons (Fsp3) is 0.143. The van der Waals surface area contributed by atoms with Gasteiger partial charge >= 0.3 is 29.6 Å². The van der Waals surface area contributed by atoms with Crippen molar-refractivity contribution in [3.63, 3.8) is 0 Å². The van der Waals surface area contributed by atoms with E-state index in [1.54, 1.807) is 0 Å². The van der Waals surface area contributed by atoms with Crippen LogP contribution in [0.2, 0.25) is 0 Å². The second kappa shape index (κ2) is 3.34.